The van der Waals surface area contributed by atoms with Crippen LogP contribution in [0, 0.1) is 6.92 Å². The maximum atomic E-state index is 13.2. The molecule has 36 heavy (non-hydrogen) atoms. The van der Waals surface area contributed by atoms with Crippen LogP contribution in [0.25, 0.3) is 0 Å². The standard InChI is InChI=1S/C30H28N2O4/c1-22-13-15-23(16-14-22)21-36-27-18-17-24(19-28(27)35-2)20-31-32-29(33)30(34,25-9-5-3-6-10-25)26-11-7-4-8-12-26/h3-20,34H,21H2,1-2H3,(H,32,33)/b31-20-. The molecule has 0 atom stereocenters. The van der Waals surface area contributed by atoms with Gasteiger partial charge in [-0.1, -0.05) is 90.5 Å². The number of methoxy groups -OCH3 is 1. The summed E-state index contributed by atoms with van der Waals surface area (Å²) >= 11 is 0. The van der Waals surface area contributed by atoms with Gasteiger partial charge in [-0.3, -0.25) is 4.79 Å². The number of rotatable bonds is 9. The van der Waals surface area contributed by atoms with E-state index in [9.17, 15) is 9.90 Å². The first kappa shape index (κ1) is 24.7. The zero-order chi connectivity index (χ0) is 25.4. The lowest BCUT2D eigenvalue weighted by Crippen LogP contribution is -2.43. The second-order valence-corrected chi connectivity index (χ2v) is 8.33. The van der Waals surface area contributed by atoms with E-state index < -0.39 is 11.5 Å². The molecule has 0 bridgehead atoms. The van der Waals surface area contributed by atoms with Crippen LogP contribution in [0.5, 0.6) is 11.5 Å². The van der Waals surface area contributed by atoms with Crippen LogP contribution < -0.4 is 14.9 Å². The van der Waals surface area contributed by atoms with Crippen molar-refractivity contribution in [1.29, 1.82) is 0 Å². The average molecular weight is 481 g/mol. The van der Waals surface area contributed by atoms with E-state index in [2.05, 4.69) is 10.5 Å². The molecule has 0 fully saturated rings. The summed E-state index contributed by atoms with van der Waals surface area (Å²) in [6, 6.07) is 31.1. The molecule has 6 heteroatoms. The minimum atomic E-state index is -1.90. The number of hydrogen-bond donors (Lipinski definition) is 2. The fourth-order valence-corrected chi connectivity index (χ4v) is 3.76. The Bertz CT molecular complexity index is 1280. The Morgan fingerprint density at radius 1 is 0.889 bits per heavy atom. The number of aryl methyl sites for hydroxylation is 1. The third-order valence-electron chi connectivity index (χ3n) is 5.79. The molecule has 4 aromatic rings. The summed E-state index contributed by atoms with van der Waals surface area (Å²) in [5.74, 6) is 0.477. The molecule has 0 aliphatic rings. The molecule has 0 saturated carbocycles. The Morgan fingerprint density at radius 2 is 1.50 bits per heavy atom. The normalized spacial score (nSPS) is 11.3. The van der Waals surface area contributed by atoms with Crippen molar-refractivity contribution in [2.24, 2.45) is 5.10 Å². The summed E-state index contributed by atoms with van der Waals surface area (Å²) in [4.78, 5) is 13.2. The van der Waals surface area contributed by atoms with Gasteiger partial charge >= 0.3 is 0 Å². The number of benzene rings is 4. The Hall–Kier alpha value is -4.42. The maximum absolute atomic E-state index is 13.2. The maximum Gasteiger partial charge on any atom is 0.281 e. The molecule has 6 nitrogen and oxygen atoms in total. The molecule has 4 rings (SSSR count). The van der Waals surface area contributed by atoms with Gasteiger partial charge in [-0.15, -0.1) is 0 Å². The third-order valence-corrected chi connectivity index (χ3v) is 5.79. The van der Waals surface area contributed by atoms with Crippen molar-refractivity contribution in [1.82, 2.24) is 5.43 Å². The van der Waals surface area contributed by atoms with Gasteiger partial charge in [0.05, 0.1) is 13.3 Å². The molecule has 0 aliphatic heterocycles. The molecule has 1 amide bonds. The monoisotopic (exact) mass is 480 g/mol. The zero-order valence-corrected chi connectivity index (χ0v) is 20.2. The Kier molecular flexibility index (Phi) is 7.78. The lowest BCUT2D eigenvalue weighted by Gasteiger charge is -2.27. The predicted molar refractivity (Wildman–Crippen MR) is 140 cm³/mol. The topological polar surface area (TPSA) is 80.2 Å². The summed E-state index contributed by atoms with van der Waals surface area (Å²) in [7, 11) is 1.57. The van der Waals surface area contributed by atoms with E-state index in [-0.39, 0.29) is 0 Å². The van der Waals surface area contributed by atoms with Crippen LogP contribution in [0.2, 0.25) is 0 Å². The summed E-state index contributed by atoms with van der Waals surface area (Å²) in [5.41, 5.74) is 4.41. The van der Waals surface area contributed by atoms with Gasteiger partial charge in [-0.2, -0.15) is 5.10 Å². The largest absolute Gasteiger partial charge is 0.493 e. The molecular weight excluding hydrogens is 452 g/mol. The van der Waals surface area contributed by atoms with Crippen LogP contribution in [0.1, 0.15) is 27.8 Å². The summed E-state index contributed by atoms with van der Waals surface area (Å²) in [6.45, 7) is 2.46. The molecule has 0 saturated heterocycles. The van der Waals surface area contributed by atoms with Gasteiger partial charge in [0.2, 0.25) is 0 Å². The minimum absolute atomic E-state index is 0.414. The zero-order valence-electron chi connectivity index (χ0n) is 20.2. The van der Waals surface area contributed by atoms with E-state index in [4.69, 9.17) is 9.47 Å². The second kappa shape index (κ2) is 11.3. The second-order valence-electron chi connectivity index (χ2n) is 8.33. The van der Waals surface area contributed by atoms with Crippen molar-refractivity contribution in [3.63, 3.8) is 0 Å². The van der Waals surface area contributed by atoms with E-state index in [1.165, 1.54) is 11.8 Å². The van der Waals surface area contributed by atoms with Crippen molar-refractivity contribution in [2.45, 2.75) is 19.1 Å². The van der Waals surface area contributed by atoms with Crippen molar-refractivity contribution in [2.75, 3.05) is 7.11 Å². The van der Waals surface area contributed by atoms with Gasteiger partial charge in [-0.25, -0.2) is 5.43 Å². The van der Waals surface area contributed by atoms with Crippen LogP contribution in [0.15, 0.2) is 108 Å². The molecule has 4 aromatic carbocycles. The minimum Gasteiger partial charge on any atom is -0.493 e. The molecule has 0 aromatic heterocycles. The fourth-order valence-electron chi connectivity index (χ4n) is 3.76. The number of aliphatic hydroxyl groups is 1. The van der Waals surface area contributed by atoms with Gasteiger partial charge in [0, 0.05) is 0 Å². The highest BCUT2D eigenvalue weighted by Gasteiger charge is 2.39. The Labute approximate surface area is 210 Å². The number of amides is 1. The van der Waals surface area contributed by atoms with Gasteiger partial charge in [-0.05, 0) is 47.4 Å². The number of hydrogen-bond acceptors (Lipinski definition) is 5. The molecule has 0 unspecified atom stereocenters. The Morgan fingerprint density at radius 3 is 2.08 bits per heavy atom. The lowest BCUT2D eigenvalue weighted by molar-refractivity contribution is -0.136. The molecule has 0 spiro atoms. The summed E-state index contributed by atoms with van der Waals surface area (Å²) in [6.07, 6.45) is 1.49. The van der Waals surface area contributed by atoms with Crippen LogP contribution in [0.3, 0.4) is 0 Å². The first-order valence-electron chi connectivity index (χ1n) is 11.5. The van der Waals surface area contributed by atoms with E-state index >= 15 is 0 Å². The van der Waals surface area contributed by atoms with E-state index in [0.717, 1.165) is 5.56 Å². The van der Waals surface area contributed by atoms with Crippen LogP contribution >= 0.6 is 0 Å². The van der Waals surface area contributed by atoms with Crippen molar-refractivity contribution >= 4 is 12.1 Å². The number of nitrogens with one attached hydrogen (secondary N) is 1. The first-order valence-corrected chi connectivity index (χ1v) is 11.5. The number of ether oxygens (including phenoxy) is 2. The van der Waals surface area contributed by atoms with E-state index in [1.807, 2.05) is 49.4 Å². The third kappa shape index (κ3) is 5.62. The van der Waals surface area contributed by atoms with Crippen LogP contribution in [0.4, 0.5) is 0 Å². The highest BCUT2D eigenvalue weighted by Crippen LogP contribution is 2.30. The number of carbonyl (C=O) groups is 1. The highest BCUT2D eigenvalue weighted by molar-refractivity contribution is 5.91. The van der Waals surface area contributed by atoms with Gasteiger partial charge in [0.1, 0.15) is 6.61 Å². The smallest absolute Gasteiger partial charge is 0.281 e. The number of hydrazone groups is 1. The first-order chi connectivity index (χ1) is 17.5. The van der Waals surface area contributed by atoms with Crippen molar-refractivity contribution < 1.29 is 19.4 Å². The molecule has 0 radical (unpaired) electrons. The molecule has 2 N–H and O–H groups in total. The van der Waals surface area contributed by atoms with E-state index in [0.29, 0.717) is 34.8 Å². The number of nitrogens with zero attached hydrogens (tertiary/aromatic N) is 1. The molecule has 0 heterocycles. The molecule has 182 valence electrons. The van der Waals surface area contributed by atoms with Crippen LogP contribution in [-0.4, -0.2) is 24.3 Å². The van der Waals surface area contributed by atoms with E-state index in [1.54, 1.807) is 67.8 Å². The summed E-state index contributed by atoms with van der Waals surface area (Å²) in [5, 5.41) is 15.6. The fraction of sp³-hybridized carbons (Fsp3) is 0.133. The average Bonchev–Trinajstić information content (AvgIpc) is 2.93. The summed E-state index contributed by atoms with van der Waals surface area (Å²) < 4.78 is 11.4. The number of carbonyl (C=O) groups excluding carboxylic acids is 1. The lowest BCUT2D eigenvalue weighted by atomic mass is 9.85. The quantitative estimate of drug-likeness (QED) is 0.262. The van der Waals surface area contributed by atoms with Gasteiger partial charge in [0.15, 0.2) is 17.1 Å². The van der Waals surface area contributed by atoms with Gasteiger partial charge in [0.25, 0.3) is 5.91 Å². The van der Waals surface area contributed by atoms with Crippen molar-refractivity contribution in [3.8, 4) is 11.5 Å². The van der Waals surface area contributed by atoms with Gasteiger partial charge < -0.3 is 14.6 Å². The predicted octanol–water partition coefficient (Wildman–Crippen LogP) is 4.97. The Balaban J connectivity index is 1.48. The molecule has 0 aliphatic carbocycles. The van der Waals surface area contributed by atoms with Crippen molar-refractivity contribution in [3.05, 3.63) is 131 Å². The SMILES string of the molecule is COc1cc(/C=N\NC(=O)C(O)(c2ccccc2)c2ccccc2)ccc1OCc1ccc(C)cc1. The molecular formula is C30H28N2O4. The van der Waals surface area contributed by atoms with Crippen LogP contribution in [-0.2, 0) is 17.0 Å². The highest BCUT2D eigenvalue weighted by atomic mass is 16.5.